The van der Waals surface area contributed by atoms with Gasteiger partial charge in [-0.2, -0.15) is 0 Å². The van der Waals surface area contributed by atoms with Crippen molar-refractivity contribution in [3.63, 3.8) is 0 Å². The summed E-state index contributed by atoms with van der Waals surface area (Å²) in [6, 6.07) is 12.9. The van der Waals surface area contributed by atoms with Gasteiger partial charge in [0.05, 0.1) is 17.6 Å². The number of methoxy groups -OCH3 is 1. The molecule has 0 saturated carbocycles. The van der Waals surface area contributed by atoms with Crippen LogP contribution in [0, 0.1) is 0 Å². The molecule has 21 heavy (non-hydrogen) atoms. The molecule has 3 rings (SSSR count). The Balaban J connectivity index is 1.77. The highest BCUT2D eigenvalue weighted by Crippen LogP contribution is 2.32. The second-order valence-corrected chi connectivity index (χ2v) is 5.58. The largest absolute Gasteiger partial charge is 0.496 e. The number of amides is 1. The topological polar surface area (TPSA) is 47.6 Å². The Kier molecular flexibility index (Phi) is 3.84. The van der Waals surface area contributed by atoms with E-state index in [1.807, 2.05) is 24.3 Å². The zero-order chi connectivity index (χ0) is 14.8. The van der Waals surface area contributed by atoms with Crippen LogP contribution in [0.2, 0.25) is 0 Å². The van der Waals surface area contributed by atoms with E-state index >= 15 is 0 Å². The first-order valence-electron chi connectivity index (χ1n) is 6.55. The van der Waals surface area contributed by atoms with E-state index in [4.69, 9.17) is 9.47 Å². The van der Waals surface area contributed by atoms with Crippen LogP contribution < -0.4 is 14.8 Å². The van der Waals surface area contributed by atoms with Crippen molar-refractivity contribution in [3.05, 3.63) is 58.1 Å². The van der Waals surface area contributed by atoms with Gasteiger partial charge in [0.2, 0.25) is 0 Å². The molecule has 5 heteroatoms. The van der Waals surface area contributed by atoms with Crippen molar-refractivity contribution in [2.24, 2.45) is 0 Å². The van der Waals surface area contributed by atoms with Crippen LogP contribution in [0.15, 0.2) is 46.9 Å². The molecule has 1 atom stereocenters. The molecule has 2 aromatic carbocycles. The zero-order valence-corrected chi connectivity index (χ0v) is 13.0. The van der Waals surface area contributed by atoms with E-state index in [2.05, 4.69) is 21.2 Å². The van der Waals surface area contributed by atoms with E-state index in [0.717, 1.165) is 15.8 Å². The van der Waals surface area contributed by atoms with Gasteiger partial charge in [0.25, 0.3) is 5.91 Å². The highest BCUT2D eigenvalue weighted by molar-refractivity contribution is 9.10. The Bertz CT molecular complexity index is 687. The molecular weight excluding hydrogens is 334 g/mol. The second-order valence-electron chi connectivity index (χ2n) is 4.72. The van der Waals surface area contributed by atoms with Gasteiger partial charge in [0.15, 0.2) is 0 Å². The van der Waals surface area contributed by atoms with E-state index < -0.39 is 0 Å². The van der Waals surface area contributed by atoms with Crippen LogP contribution in [0.5, 0.6) is 11.5 Å². The predicted octanol–water partition coefficient (Wildman–Crippen LogP) is 3.32. The lowest BCUT2D eigenvalue weighted by molar-refractivity contribution is 0.0930. The van der Waals surface area contributed by atoms with Crippen LogP contribution in [0.25, 0.3) is 0 Å². The predicted molar refractivity (Wildman–Crippen MR) is 82.8 cm³/mol. The van der Waals surface area contributed by atoms with Crippen LogP contribution in [-0.4, -0.2) is 19.6 Å². The van der Waals surface area contributed by atoms with Crippen molar-refractivity contribution in [1.82, 2.24) is 5.32 Å². The molecule has 0 radical (unpaired) electrons. The monoisotopic (exact) mass is 347 g/mol. The normalized spacial score (nSPS) is 16.0. The molecule has 1 unspecified atom stereocenters. The lowest BCUT2D eigenvalue weighted by atomic mass is 10.1. The van der Waals surface area contributed by atoms with Gasteiger partial charge in [-0.3, -0.25) is 4.79 Å². The van der Waals surface area contributed by atoms with E-state index in [-0.39, 0.29) is 11.9 Å². The number of benzene rings is 2. The Morgan fingerprint density at radius 3 is 2.90 bits per heavy atom. The second kappa shape index (κ2) is 5.77. The Labute approximate surface area is 131 Å². The molecule has 0 spiro atoms. The molecule has 1 aliphatic heterocycles. The lowest BCUT2D eigenvalue weighted by Crippen LogP contribution is -2.29. The molecule has 0 saturated heterocycles. The molecule has 0 bridgehead atoms. The third-order valence-electron chi connectivity index (χ3n) is 3.42. The summed E-state index contributed by atoms with van der Waals surface area (Å²) in [4.78, 5) is 12.3. The summed E-state index contributed by atoms with van der Waals surface area (Å²) < 4.78 is 11.5. The summed E-state index contributed by atoms with van der Waals surface area (Å²) in [7, 11) is 1.59. The summed E-state index contributed by atoms with van der Waals surface area (Å²) in [6.07, 6.45) is 0. The minimum absolute atomic E-state index is 0.116. The third kappa shape index (κ3) is 2.74. The van der Waals surface area contributed by atoms with Crippen molar-refractivity contribution in [1.29, 1.82) is 0 Å². The third-order valence-corrected chi connectivity index (χ3v) is 4.04. The molecule has 0 aromatic heterocycles. The van der Waals surface area contributed by atoms with Gasteiger partial charge >= 0.3 is 0 Å². The molecular formula is C16H14BrNO3. The summed E-state index contributed by atoms with van der Waals surface area (Å²) >= 11 is 3.38. The fourth-order valence-electron chi connectivity index (χ4n) is 2.33. The van der Waals surface area contributed by atoms with Crippen molar-refractivity contribution < 1.29 is 14.3 Å². The Morgan fingerprint density at radius 1 is 1.33 bits per heavy atom. The molecule has 1 amide bonds. The molecule has 0 fully saturated rings. The van der Waals surface area contributed by atoms with Gasteiger partial charge in [0, 0.05) is 11.1 Å². The molecule has 4 nitrogen and oxygen atoms in total. The summed E-state index contributed by atoms with van der Waals surface area (Å²) in [5, 5.41) is 2.99. The van der Waals surface area contributed by atoms with Crippen LogP contribution in [0.3, 0.4) is 0 Å². The fraction of sp³-hybridized carbons (Fsp3) is 0.188. The maximum atomic E-state index is 12.3. The summed E-state index contributed by atoms with van der Waals surface area (Å²) in [6.45, 7) is 0.461. The lowest BCUT2D eigenvalue weighted by Gasteiger charge is -2.12. The number of hydrogen-bond donors (Lipinski definition) is 1. The van der Waals surface area contributed by atoms with Gasteiger partial charge in [-0.15, -0.1) is 0 Å². The smallest absolute Gasteiger partial charge is 0.251 e. The van der Waals surface area contributed by atoms with Crippen molar-refractivity contribution in [3.8, 4) is 11.5 Å². The maximum Gasteiger partial charge on any atom is 0.251 e. The van der Waals surface area contributed by atoms with E-state index in [0.29, 0.717) is 17.9 Å². The number of fused-ring (bicyclic) bond motifs is 1. The van der Waals surface area contributed by atoms with E-state index in [1.54, 1.807) is 25.3 Å². The van der Waals surface area contributed by atoms with Crippen LogP contribution in [-0.2, 0) is 0 Å². The van der Waals surface area contributed by atoms with Gasteiger partial charge in [-0.05, 0) is 40.2 Å². The number of carbonyl (C=O) groups excluding carboxylic acids is 1. The SMILES string of the molecule is COc1ccc(C(=O)NC2COc3ccccc32)cc1Br. The van der Waals surface area contributed by atoms with Crippen molar-refractivity contribution in [2.45, 2.75) is 6.04 Å². The number of para-hydroxylation sites is 1. The molecule has 108 valence electrons. The van der Waals surface area contributed by atoms with Crippen LogP contribution >= 0.6 is 15.9 Å². The number of nitrogens with one attached hydrogen (secondary N) is 1. The van der Waals surface area contributed by atoms with Gasteiger partial charge in [-0.25, -0.2) is 0 Å². The highest BCUT2D eigenvalue weighted by atomic mass is 79.9. The Hall–Kier alpha value is -2.01. The first kappa shape index (κ1) is 13.9. The number of rotatable bonds is 3. The maximum absolute atomic E-state index is 12.3. The standard InChI is InChI=1S/C16H14BrNO3/c1-20-15-7-6-10(8-12(15)17)16(19)18-13-9-21-14-5-3-2-4-11(13)14/h2-8,13H,9H2,1H3,(H,18,19). The average Bonchev–Trinajstić information content (AvgIpc) is 2.90. The first-order valence-corrected chi connectivity index (χ1v) is 7.34. The minimum atomic E-state index is -0.136. The minimum Gasteiger partial charge on any atom is -0.496 e. The van der Waals surface area contributed by atoms with Crippen LogP contribution in [0.1, 0.15) is 22.0 Å². The van der Waals surface area contributed by atoms with E-state index in [9.17, 15) is 4.79 Å². The summed E-state index contributed by atoms with van der Waals surface area (Å²) in [5.41, 5.74) is 1.59. The zero-order valence-electron chi connectivity index (χ0n) is 11.4. The van der Waals surface area contributed by atoms with Gasteiger partial charge in [-0.1, -0.05) is 18.2 Å². The number of halogens is 1. The quantitative estimate of drug-likeness (QED) is 0.926. The molecule has 1 N–H and O–H groups in total. The number of carbonyl (C=O) groups is 1. The van der Waals surface area contributed by atoms with Crippen molar-refractivity contribution in [2.75, 3.05) is 13.7 Å². The molecule has 1 heterocycles. The van der Waals surface area contributed by atoms with E-state index in [1.165, 1.54) is 0 Å². The molecule has 0 aliphatic carbocycles. The average molecular weight is 348 g/mol. The number of ether oxygens (including phenoxy) is 2. The van der Waals surface area contributed by atoms with Gasteiger partial charge < -0.3 is 14.8 Å². The van der Waals surface area contributed by atoms with Crippen molar-refractivity contribution >= 4 is 21.8 Å². The first-order chi connectivity index (χ1) is 10.2. The number of hydrogen-bond acceptors (Lipinski definition) is 3. The highest BCUT2D eigenvalue weighted by Gasteiger charge is 2.25. The fourth-order valence-corrected chi connectivity index (χ4v) is 2.87. The molecule has 1 aliphatic rings. The Morgan fingerprint density at radius 2 is 2.14 bits per heavy atom. The summed E-state index contributed by atoms with van der Waals surface area (Å²) in [5.74, 6) is 1.39. The van der Waals surface area contributed by atoms with Crippen LogP contribution in [0.4, 0.5) is 0 Å². The van der Waals surface area contributed by atoms with Gasteiger partial charge in [0.1, 0.15) is 18.1 Å². The molecule has 2 aromatic rings.